The van der Waals surface area contributed by atoms with Crippen molar-refractivity contribution in [1.29, 1.82) is 0 Å². The Labute approximate surface area is 37.0 Å². The van der Waals surface area contributed by atoms with Gasteiger partial charge in [0, 0.05) is 0 Å². The van der Waals surface area contributed by atoms with E-state index in [1.807, 2.05) is 0 Å². The summed E-state index contributed by atoms with van der Waals surface area (Å²) in [7, 11) is 0. The molecule has 4 heteroatoms. The monoisotopic (exact) mass is 110 g/mol. The number of hydrogen-bond donors (Lipinski definition) is 1. The third kappa shape index (κ3) is 2.04. The Morgan fingerprint density at radius 1 is 2.00 bits per heavy atom. The first-order valence-electron chi connectivity index (χ1n) is 1.10. The van der Waals surface area contributed by atoms with Gasteiger partial charge >= 0.3 is 0 Å². The predicted octanol–water partition coefficient (Wildman–Crippen LogP) is 0.649. The Kier molecular flexibility index (Phi) is 1.97. The minimum atomic E-state index is -2.48. The van der Waals surface area contributed by atoms with Crippen LogP contribution >= 0.6 is 0 Å². The molecule has 0 aromatic heterocycles. The van der Waals surface area contributed by atoms with E-state index in [4.69, 9.17) is 4.55 Å². The summed E-state index contributed by atoms with van der Waals surface area (Å²) < 4.78 is 28.0. The predicted molar refractivity (Wildman–Crippen MR) is 21.0 cm³/mol. The fourth-order valence-electron chi connectivity index (χ4n) is 0. The Hall–Kier alpha value is -0.220. The van der Waals surface area contributed by atoms with Crippen LogP contribution in [0.3, 0.4) is 0 Å². The molecule has 0 amide bonds. The molecule has 0 aliphatic heterocycles. The van der Waals surface area contributed by atoms with Crippen LogP contribution < -0.4 is 0 Å². The molecule has 0 aliphatic carbocycles. The molecule has 1 unspecified atom stereocenters. The summed E-state index contributed by atoms with van der Waals surface area (Å²) in [5.41, 5.74) is 0. The van der Waals surface area contributed by atoms with Gasteiger partial charge in [-0.1, -0.05) is 6.58 Å². The molecule has 0 heterocycles. The Bertz CT molecular complexity index is 77.5. The molecule has 1 N–H and O–H groups in total. The van der Waals surface area contributed by atoms with E-state index in [0.717, 1.165) is 0 Å². The molecule has 0 aromatic rings. The third-order valence-corrected chi connectivity index (χ3v) is 0.568. The molecular formula is C2H3FO2S. The molecule has 0 radical (unpaired) electrons. The van der Waals surface area contributed by atoms with Gasteiger partial charge < -0.3 is 4.55 Å². The largest absolute Gasteiger partial charge is 0.300 e. The van der Waals surface area contributed by atoms with Gasteiger partial charge in [-0.25, -0.2) is 4.21 Å². The lowest BCUT2D eigenvalue weighted by atomic mass is 11.2. The fraction of sp³-hybridized carbons (Fsp3) is 0. The van der Waals surface area contributed by atoms with E-state index in [-0.39, 0.29) is 0 Å². The molecule has 0 rings (SSSR count). The van der Waals surface area contributed by atoms with Crippen molar-refractivity contribution < 1.29 is 13.2 Å². The van der Waals surface area contributed by atoms with Gasteiger partial charge in [0.15, 0.2) is 0 Å². The Morgan fingerprint density at radius 3 is 2.17 bits per heavy atom. The Morgan fingerprint density at radius 2 is 2.17 bits per heavy atom. The topological polar surface area (TPSA) is 37.3 Å². The van der Waals surface area contributed by atoms with Crippen LogP contribution in [0.5, 0.6) is 0 Å². The van der Waals surface area contributed by atoms with Gasteiger partial charge in [0.1, 0.15) is 0 Å². The highest BCUT2D eigenvalue weighted by Gasteiger charge is 1.92. The Balaban J connectivity index is 3.57. The van der Waals surface area contributed by atoms with Gasteiger partial charge in [-0.05, 0) is 0 Å². The maximum absolute atomic E-state index is 11.1. The normalized spacial score (nSPS) is 13.7. The molecule has 0 saturated heterocycles. The van der Waals surface area contributed by atoms with E-state index in [0.29, 0.717) is 0 Å². The second-order valence-electron chi connectivity index (χ2n) is 0.604. The van der Waals surface area contributed by atoms with Crippen LogP contribution in [0.15, 0.2) is 11.7 Å². The van der Waals surface area contributed by atoms with Crippen molar-refractivity contribution in [3.05, 3.63) is 11.7 Å². The van der Waals surface area contributed by atoms with Crippen LogP contribution in [0, 0.1) is 0 Å². The maximum atomic E-state index is 11.1. The summed E-state index contributed by atoms with van der Waals surface area (Å²) in [6, 6.07) is 0. The first-order valence-corrected chi connectivity index (χ1v) is 2.20. The quantitative estimate of drug-likeness (QED) is 0.503. The molecule has 0 aliphatic rings. The van der Waals surface area contributed by atoms with Gasteiger partial charge in [0.25, 0.3) is 0 Å². The van der Waals surface area contributed by atoms with Crippen LogP contribution in [0.1, 0.15) is 0 Å². The highest BCUT2D eigenvalue weighted by Crippen LogP contribution is 1.92. The van der Waals surface area contributed by atoms with Crippen LogP contribution in [0.4, 0.5) is 4.39 Å². The summed E-state index contributed by atoms with van der Waals surface area (Å²) in [6.07, 6.45) is 0. The molecule has 0 aromatic carbocycles. The van der Waals surface area contributed by atoms with Crippen LogP contribution in [0.25, 0.3) is 0 Å². The van der Waals surface area contributed by atoms with Crippen molar-refractivity contribution >= 4 is 11.1 Å². The summed E-state index contributed by atoms with van der Waals surface area (Å²) in [5.74, 6) is 0. The summed E-state index contributed by atoms with van der Waals surface area (Å²) >= 11 is -2.48. The smallest absolute Gasteiger partial charge is 0.215 e. The summed E-state index contributed by atoms with van der Waals surface area (Å²) in [4.78, 5) is 0. The van der Waals surface area contributed by atoms with Gasteiger partial charge in [0.2, 0.25) is 16.2 Å². The maximum Gasteiger partial charge on any atom is 0.215 e. The van der Waals surface area contributed by atoms with Gasteiger partial charge in [-0.15, -0.1) is 0 Å². The average molecular weight is 110 g/mol. The zero-order valence-corrected chi connectivity index (χ0v) is 3.67. The molecule has 6 heavy (non-hydrogen) atoms. The number of hydrogen-bond acceptors (Lipinski definition) is 1. The van der Waals surface area contributed by atoms with E-state index in [9.17, 15) is 8.60 Å². The van der Waals surface area contributed by atoms with Crippen LogP contribution in [0.2, 0.25) is 0 Å². The molecule has 36 valence electrons. The standard InChI is InChI=1S/C2H3FO2S/c1-2(3)6(4)5/h1H2,(H,4,5). The molecule has 1 atom stereocenters. The molecule has 2 nitrogen and oxygen atoms in total. The molecule has 0 saturated carbocycles. The van der Waals surface area contributed by atoms with E-state index >= 15 is 0 Å². The average Bonchev–Trinajstić information content (AvgIpc) is 1.36. The third-order valence-electron chi connectivity index (χ3n) is 0.189. The lowest BCUT2D eigenvalue weighted by molar-refractivity contribution is 0.549. The number of rotatable bonds is 1. The SMILES string of the molecule is C=C(F)S(=O)O. The minimum absolute atomic E-state index is 1.21. The van der Waals surface area contributed by atoms with Crippen molar-refractivity contribution in [2.45, 2.75) is 0 Å². The van der Waals surface area contributed by atoms with E-state index in [1.165, 1.54) is 0 Å². The zero-order valence-electron chi connectivity index (χ0n) is 2.85. The van der Waals surface area contributed by atoms with Crippen molar-refractivity contribution in [2.75, 3.05) is 0 Å². The zero-order chi connectivity index (χ0) is 5.15. The summed E-state index contributed by atoms with van der Waals surface area (Å²) in [5, 5.41) is -1.21. The van der Waals surface area contributed by atoms with Gasteiger partial charge in [-0.3, -0.25) is 0 Å². The fourth-order valence-corrected chi connectivity index (χ4v) is 0. The first kappa shape index (κ1) is 5.78. The second kappa shape index (κ2) is 2.04. The van der Waals surface area contributed by atoms with E-state index < -0.39 is 16.2 Å². The van der Waals surface area contributed by atoms with Gasteiger partial charge in [-0.2, -0.15) is 4.39 Å². The van der Waals surface area contributed by atoms with Crippen LogP contribution in [-0.2, 0) is 11.1 Å². The molecule has 0 fully saturated rings. The lowest BCUT2D eigenvalue weighted by Crippen LogP contribution is -1.80. The van der Waals surface area contributed by atoms with Crippen LogP contribution in [-0.4, -0.2) is 8.76 Å². The van der Waals surface area contributed by atoms with Crippen molar-refractivity contribution in [1.82, 2.24) is 0 Å². The minimum Gasteiger partial charge on any atom is -0.300 e. The highest BCUT2D eigenvalue weighted by molar-refractivity contribution is 7.83. The van der Waals surface area contributed by atoms with E-state index in [2.05, 4.69) is 6.58 Å². The first-order chi connectivity index (χ1) is 2.64. The molecule has 0 spiro atoms. The molecular weight excluding hydrogens is 107 g/mol. The highest BCUT2D eigenvalue weighted by atomic mass is 32.2. The van der Waals surface area contributed by atoms with Crippen molar-refractivity contribution in [2.24, 2.45) is 0 Å². The molecule has 0 bridgehead atoms. The van der Waals surface area contributed by atoms with Crippen molar-refractivity contribution in [3.8, 4) is 0 Å². The van der Waals surface area contributed by atoms with E-state index in [1.54, 1.807) is 0 Å². The second-order valence-corrected chi connectivity index (χ2v) is 1.55. The van der Waals surface area contributed by atoms with Gasteiger partial charge in [0.05, 0.1) is 0 Å². The van der Waals surface area contributed by atoms with Crippen molar-refractivity contribution in [3.63, 3.8) is 0 Å². The summed E-state index contributed by atoms with van der Waals surface area (Å²) in [6.45, 7) is 2.54. The lowest BCUT2D eigenvalue weighted by Gasteiger charge is -1.76. The number of halogens is 1.